The SMILES string of the molecule is Cn1cnc(CCNc2nc(Cl)c(Cl)cc2Cl)n1. The van der Waals surface area contributed by atoms with E-state index in [2.05, 4.69) is 20.4 Å². The molecule has 0 saturated heterocycles. The fraction of sp³-hybridized carbons (Fsp3) is 0.300. The first-order valence-corrected chi connectivity index (χ1v) is 6.29. The van der Waals surface area contributed by atoms with Crippen molar-refractivity contribution < 1.29 is 0 Å². The van der Waals surface area contributed by atoms with Crippen molar-refractivity contribution in [2.45, 2.75) is 6.42 Å². The largest absolute Gasteiger partial charge is 0.368 e. The molecular weight excluding hydrogens is 297 g/mol. The first-order valence-electron chi connectivity index (χ1n) is 5.16. The Hall–Kier alpha value is -1.04. The Morgan fingerprint density at radius 3 is 2.72 bits per heavy atom. The number of halogens is 3. The number of anilines is 1. The third kappa shape index (κ3) is 3.25. The van der Waals surface area contributed by atoms with Crippen LogP contribution < -0.4 is 5.32 Å². The lowest BCUT2D eigenvalue weighted by atomic mass is 10.4. The average Bonchev–Trinajstić information content (AvgIpc) is 2.71. The number of nitrogens with zero attached hydrogens (tertiary/aromatic N) is 4. The molecule has 0 aromatic carbocycles. The van der Waals surface area contributed by atoms with Gasteiger partial charge < -0.3 is 5.32 Å². The molecule has 5 nitrogen and oxygen atoms in total. The van der Waals surface area contributed by atoms with Crippen LogP contribution in [0.5, 0.6) is 0 Å². The van der Waals surface area contributed by atoms with Gasteiger partial charge in [0.05, 0.1) is 10.0 Å². The minimum atomic E-state index is 0.222. The topological polar surface area (TPSA) is 55.6 Å². The zero-order chi connectivity index (χ0) is 13.1. The molecule has 1 N–H and O–H groups in total. The van der Waals surface area contributed by atoms with E-state index < -0.39 is 0 Å². The molecular formula is C10H10Cl3N5. The van der Waals surface area contributed by atoms with Gasteiger partial charge in [-0.2, -0.15) is 5.10 Å². The van der Waals surface area contributed by atoms with E-state index in [1.54, 1.807) is 17.1 Å². The van der Waals surface area contributed by atoms with Crippen LogP contribution in [0.4, 0.5) is 5.82 Å². The highest BCUT2D eigenvalue weighted by Crippen LogP contribution is 2.28. The summed E-state index contributed by atoms with van der Waals surface area (Å²) in [6, 6.07) is 1.56. The molecule has 2 aromatic heterocycles. The van der Waals surface area contributed by atoms with Gasteiger partial charge in [0.25, 0.3) is 0 Å². The maximum atomic E-state index is 5.98. The molecule has 0 atom stereocenters. The zero-order valence-corrected chi connectivity index (χ0v) is 11.8. The van der Waals surface area contributed by atoms with Crippen LogP contribution in [0, 0.1) is 0 Å². The molecule has 2 aromatic rings. The van der Waals surface area contributed by atoms with Crippen LogP contribution in [0.1, 0.15) is 5.82 Å². The van der Waals surface area contributed by atoms with Crippen LogP contribution in [-0.2, 0) is 13.5 Å². The first kappa shape index (κ1) is 13.4. The average molecular weight is 307 g/mol. The van der Waals surface area contributed by atoms with E-state index in [1.807, 2.05) is 7.05 Å². The summed E-state index contributed by atoms with van der Waals surface area (Å²) in [4.78, 5) is 8.17. The predicted octanol–water partition coefficient (Wildman–Crippen LogP) is 2.82. The molecule has 2 rings (SSSR count). The highest BCUT2D eigenvalue weighted by Gasteiger charge is 2.07. The second-order valence-electron chi connectivity index (χ2n) is 3.60. The van der Waals surface area contributed by atoms with Gasteiger partial charge in [-0.3, -0.25) is 4.68 Å². The van der Waals surface area contributed by atoms with Gasteiger partial charge in [0, 0.05) is 20.0 Å². The summed E-state index contributed by atoms with van der Waals surface area (Å²) in [6.07, 6.45) is 2.32. The molecule has 0 aliphatic carbocycles. The Labute approximate surface area is 119 Å². The van der Waals surface area contributed by atoms with Crippen LogP contribution >= 0.6 is 34.8 Å². The maximum absolute atomic E-state index is 5.98. The van der Waals surface area contributed by atoms with E-state index in [1.165, 1.54) is 0 Å². The summed E-state index contributed by atoms with van der Waals surface area (Å²) in [5.41, 5.74) is 0. The molecule has 0 aliphatic heterocycles. The Morgan fingerprint density at radius 2 is 2.06 bits per heavy atom. The Bertz CT molecular complexity index is 554. The maximum Gasteiger partial charge on any atom is 0.152 e. The second-order valence-corrected chi connectivity index (χ2v) is 4.78. The molecule has 0 aliphatic rings. The highest BCUT2D eigenvalue weighted by atomic mass is 35.5. The van der Waals surface area contributed by atoms with Crippen LogP contribution in [0.15, 0.2) is 12.4 Å². The first-order chi connectivity index (χ1) is 8.56. The molecule has 0 amide bonds. The van der Waals surface area contributed by atoms with Gasteiger partial charge in [0.1, 0.15) is 17.3 Å². The molecule has 0 saturated carbocycles. The van der Waals surface area contributed by atoms with Gasteiger partial charge in [-0.05, 0) is 6.07 Å². The number of pyridine rings is 1. The summed E-state index contributed by atoms with van der Waals surface area (Å²) in [6.45, 7) is 0.606. The number of aryl methyl sites for hydroxylation is 1. The van der Waals surface area contributed by atoms with Crippen molar-refractivity contribution in [2.75, 3.05) is 11.9 Å². The van der Waals surface area contributed by atoms with E-state index >= 15 is 0 Å². The summed E-state index contributed by atoms with van der Waals surface area (Å²) in [5.74, 6) is 1.25. The number of hydrogen-bond donors (Lipinski definition) is 1. The standard InChI is InChI=1S/C10H10Cl3N5/c1-18-5-15-8(17-18)2-3-14-10-7(12)4-6(11)9(13)16-10/h4-5H,2-3H2,1H3,(H,14,16). The van der Waals surface area contributed by atoms with E-state index in [0.29, 0.717) is 28.8 Å². The van der Waals surface area contributed by atoms with Crippen molar-refractivity contribution >= 4 is 40.6 Å². The summed E-state index contributed by atoms with van der Waals surface area (Å²) in [5, 5.41) is 8.21. The molecule has 0 radical (unpaired) electrons. The van der Waals surface area contributed by atoms with Gasteiger partial charge >= 0.3 is 0 Å². The van der Waals surface area contributed by atoms with Crippen LogP contribution in [0.3, 0.4) is 0 Å². The zero-order valence-electron chi connectivity index (χ0n) is 9.49. The molecule has 0 unspecified atom stereocenters. The fourth-order valence-electron chi connectivity index (χ4n) is 1.36. The lowest BCUT2D eigenvalue weighted by molar-refractivity contribution is 0.742. The second kappa shape index (κ2) is 5.73. The van der Waals surface area contributed by atoms with E-state index in [4.69, 9.17) is 34.8 Å². The predicted molar refractivity (Wildman–Crippen MR) is 72.5 cm³/mol. The molecule has 18 heavy (non-hydrogen) atoms. The van der Waals surface area contributed by atoms with E-state index in [-0.39, 0.29) is 5.15 Å². The molecule has 96 valence electrons. The van der Waals surface area contributed by atoms with Gasteiger partial charge in [-0.25, -0.2) is 9.97 Å². The van der Waals surface area contributed by atoms with Crippen LogP contribution in [0.25, 0.3) is 0 Å². The van der Waals surface area contributed by atoms with Crippen molar-refractivity contribution in [3.05, 3.63) is 33.4 Å². The number of rotatable bonds is 4. The number of hydrogen-bond acceptors (Lipinski definition) is 4. The molecule has 0 fully saturated rings. The Morgan fingerprint density at radius 1 is 1.28 bits per heavy atom. The quantitative estimate of drug-likeness (QED) is 0.883. The van der Waals surface area contributed by atoms with Crippen molar-refractivity contribution in [2.24, 2.45) is 7.05 Å². The minimum Gasteiger partial charge on any atom is -0.368 e. The van der Waals surface area contributed by atoms with Crippen molar-refractivity contribution in [1.29, 1.82) is 0 Å². The smallest absolute Gasteiger partial charge is 0.152 e. The van der Waals surface area contributed by atoms with Gasteiger partial charge in [-0.1, -0.05) is 34.8 Å². The summed E-state index contributed by atoms with van der Waals surface area (Å²) in [7, 11) is 1.82. The summed E-state index contributed by atoms with van der Waals surface area (Å²) >= 11 is 17.6. The van der Waals surface area contributed by atoms with E-state index in [9.17, 15) is 0 Å². The normalized spacial score (nSPS) is 10.7. The third-order valence-corrected chi connectivity index (χ3v) is 3.14. The highest BCUT2D eigenvalue weighted by molar-refractivity contribution is 6.42. The van der Waals surface area contributed by atoms with Gasteiger partial charge in [-0.15, -0.1) is 0 Å². The molecule has 0 spiro atoms. The lowest BCUT2D eigenvalue weighted by Gasteiger charge is -2.07. The van der Waals surface area contributed by atoms with Gasteiger partial charge in [0.2, 0.25) is 0 Å². The van der Waals surface area contributed by atoms with Crippen molar-refractivity contribution in [3.8, 4) is 0 Å². The lowest BCUT2D eigenvalue weighted by Crippen LogP contribution is -2.08. The van der Waals surface area contributed by atoms with Crippen LogP contribution in [-0.4, -0.2) is 26.3 Å². The molecule has 8 heteroatoms. The minimum absolute atomic E-state index is 0.222. The monoisotopic (exact) mass is 305 g/mol. The van der Waals surface area contributed by atoms with Crippen molar-refractivity contribution in [3.63, 3.8) is 0 Å². The van der Waals surface area contributed by atoms with Crippen LogP contribution in [0.2, 0.25) is 15.2 Å². The Balaban J connectivity index is 1.96. The van der Waals surface area contributed by atoms with Crippen molar-refractivity contribution in [1.82, 2.24) is 19.7 Å². The fourth-order valence-corrected chi connectivity index (χ4v) is 1.92. The Kier molecular flexibility index (Phi) is 4.27. The van der Waals surface area contributed by atoms with E-state index in [0.717, 1.165) is 5.82 Å². The third-order valence-electron chi connectivity index (χ3n) is 2.17. The van der Waals surface area contributed by atoms with Gasteiger partial charge in [0.15, 0.2) is 5.82 Å². The number of nitrogens with one attached hydrogen (secondary N) is 1. The number of aromatic nitrogens is 4. The molecule has 2 heterocycles. The molecule has 0 bridgehead atoms. The summed E-state index contributed by atoms with van der Waals surface area (Å²) < 4.78 is 1.65.